The zero-order chi connectivity index (χ0) is 16.2. The van der Waals surface area contributed by atoms with E-state index in [1.54, 1.807) is 12.1 Å². The molecular formula is C16H20ClN5O. The fourth-order valence-corrected chi connectivity index (χ4v) is 3.06. The number of carbonyl (C=O) groups is 1. The maximum Gasteiger partial charge on any atom is 0.242 e. The van der Waals surface area contributed by atoms with Crippen molar-refractivity contribution < 1.29 is 4.79 Å². The zero-order valence-electron chi connectivity index (χ0n) is 13.0. The maximum atomic E-state index is 12.4. The van der Waals surface area contributed by atoms with Crippen LogP contribution in [0.5, 0.6) is 0 Å². The maximum absolute atomic E-state index is 12.4. The van der Waals surface area contributed by atoms with Crippen LogP contribution in [0.4, 0.5) is 5.82 Å². The van der Waals surface area contributed by atoms with Gasteiger partial charge in [0, 0.05) is 12.4 Å². The molecule has 0 bridgehead atoms. The molecule has 0 radical (unpaired) electrons. The van der Waals surface area contributed by atoms with E-state index in [9.17, 15) is 4.79 Å². The number of nitrogens with one attached hydrogen (secondary N) is 2. The van der Waals surface area contributed by atoms with Crippen LogP contribution in [0, 0.1) is 0 Å². The summed E-state index contributed by atoms with van der Waals surface area (Å²) in [5, 5.41) is 10.3. The largest absolute Gasteiger partial charge is 0.309 e. The molecule has 1 aliphatic rings. The quantitative estimate of drug-likeness (QED) is 0.902. The van der Waals surface area contributed by atoms with Crippen molar-refractivity contribution in [2.45, 2.75) is 31.7 Å². The number of halogens is 1. The molecule has 1 fully saturated rings. The molecule has 1 unspecified atom stereocenters. The van der Waals surface area contributed by atoms with Gasteiger partial charge >= 0.3 is 0 Å². The molecule has 23 heavy (non-hydrogen) atoms. The minimum Gasteiger partial charge on any atom is -0.309 e. The van der Waals surface area contributed by atoms with E-state index in [1.807, 2.05) is 19.3 Å². The molecule has 1 saturated heterocycles. The fourth-order valence-electron chi connectivity index (χ4n) is 2.95. The van der Waals surface area contributed by atoms with Gasteiger partial charge in [-0.25, -0.2) is 4.98 Å². The number of hydrogen-bond acceptors (Lipinski definition) is 4. The summed E-state index contributed by atoms with van der Waals surface area (Å²) >= 11 is 5.80. The second kappa shape index (κ2) is 7.10. The normalized spacial score (nSPS) is 17.8. The van der Waals surface area contributed by atoms with Gasteiger partial charge in [0.15, 0.2) is 0 Å². The van der Waals surface area contributed by atoms with Crippen LogP contribution < -0.4 is 5.32 Å². The first-order chi connectivity index (χ1) is 11.1. The smallest absolute Gasteiger partial charge is 0.242 e. The van der Waals surface area contributed by atoms with Crippen LogP contribution in [-0.2, 0) is 4.79 Å². The highest BCUT2D eigenvalue weighted by atomic mass is 35.5. The monoisotopic (exact) mass is 333 g/mol. The molecule has 1 amide bonds. The first-order valence-electron chi connectivity index (χ1n) is 7.78. The van der Waals surface area contributed by atoms with Crippen molar-refractivity contribution in [3.63, 3.8) is 0 Å². The van der Waals surface area contributed by atoms with Crippen molar-refractivity contribution in [2.75, 3.05) is 18.4 Å². The Kier molecular flexibility index (Phi) is 4.93. The van der Waals surface area contributed by atoms with Crippen molar-refractivity contribution in [3.8, 4) is 0 Å². The Bertz CT molecular complexity index is 635. The molecule has 1 aliphatic heterocycles. The molecular weight excluding hydrogens is 314 g/mol. The number of pyridine rings is 1. The van der Waals surface area contributed by atoms with E-state index in [-0.39, 0.29) is 11.9 Å². The van der Waals surface area contributed by atoms with Gasteiger partial charge in [-0.1, -0.05) is 11.6 Å². The fraction of sp³-hybridized carbons (Fsp3) is 0.438. The summed E-state index contributed by atoms with van der Waals surface area (Å²) < 4.78 is 0. The molecule has 0 aliphatic carbocycles. The molecule has 1 atom stereocenters. The number of aromatic amines is 1. The first kappa shape index (κ1) is 16.0. The van der Waals surface area contributed by atoms with Crippen LogP contribution in [0.3, 0.4) is 0 Å². The summed E-state index contributed by atoms with van der Waals surface area (Å²) in [6, 6.07) is 3.24. The lowest BCUT2D eigenvalue weighted by Crippen LogP contribution is -2.45. The first-order valence-corrected chi connectivity index (χ1v) is 8.16. The van der Waals surface area contributed by atoms with E-state index in [0.29, 0.717) is 16.8 Å². The number of aromatic nitrogens is 3. The van der Waals surface area contributed by atoms with Crippen molar-refractivity contribution in [3.05, 3.63) is 41.3 Å². The lowest BCUT2D eigenvalue weighted by molar-refractivity contribution is -0.121. The van der Waals surface area contributed by atoms with Crippen LogP contribution in [0.25, 0.3) is 0 Å². The molecule has 0 aromatic carbocycles. The third-order valence-electron chi connectivity index (χ3n) is 4.43. The van der Waals surface area contributed by atoms with Gasteiger partial charge in [0.25, 0.3) is 0 Å². The second-order valence-electron chi connectivity index (χ2n) is 5.87. The minimum absolute atomic E-state index is 0.0402. The van der Waals surface area contributed by atoms with Gasteiger partial charge in [-0.2, -0.15) is 5.10 Å². The zero-order valence-corrected chi connectivity index (χ0v) is 13.8. The summed E-state index contributed by atoms with van der Waals surface area (Å²) in [7, 11) is 0. The number of nitrogens with zero attached hydrogens (tertiary/aromatic N) is 3. The minimum atomic E-state index is -0.183. The number of amides is 1. The lowest BCUT2D eigenvalue weighted by Gasteiger charge is -2.35. The number of likely N-dealkylation sites (tertiary alicyclic amines) is 1. The third kappa shape index (κ3) is 3.89. The summed E-state index contributed by atoms with van der Waals surface area (Å²) in [6.45, 7) is 3.74. The number of hydrogen-bond donors (Lipinski definition) is 2. The highest BCUT2D eigenvalue weighted by Gasteiger charge is 2.27. The predicted molar refractivity (Wildman–Crippen MR) is 89.5 cm³/mol. The van der Waals surface area contributed by atoms with Crippen LogP contribution in [0.15, 0.2) is 30.7 Å². The summed E-state index contributed by atoms with van der Waals surface area (Å²) in [4.78, 5) is 18.7. The molecule has 3 heterocycles. The van der Waals surface area contributed by atoms with E-state index in [4.69, 9.17) is 11.6 Å². The van der Waals surface area contributed by atoms with Crippen molar-refractivity contribution >= 4 is 23.3 Å². The summed E-state index contributed by atoms with van der Waals surface area (Å²) in [5.74, 6) is 1.01. The van der Waals surface area contributed by atoms with Crippen LogP contribution in [0.1, 0.15) is 31.2 Å². The predicted octanol–water partition coefficient (Wildman–Crippen LogP) is 2.66. The molecule has 0 saturated carbocycles. The van der Waals surface area contributed by atoms with Crippen molar-refractivity contribution in [1.82, 2.24) is 20.1 Å². The van der Waals surface area contributed by atoms with E-state index >= 15 is 0 Å². The number of H-pyrrole nitrogens is 1. The van der Waals surface area contributed by atoms with Gasteiger partial charge in [-0.05, 0) is 56.5 Å². The van der Waals surface area contributed by atoms with E-state index < -0.39 is 0 Å². The number of piperidine rings is 1. The average molecular weight is 334 g/mol. The number of rotatable bonds is 4. The Morgan fingerprint density at radius 1 is 1.39 bits per heavy atom. The van der Waals surface area contributed by atoms with Gasteiger partial charge in [-0.15, -0.1) is 0 Å². The number of carbonyl (C=O) groups excluding carboxylic acids is 1. The van der Waals surface area contributed by atoms with Gasteiger partial charge < -0.3 is 5.32 Å². The molecule has 2 aromatic rings. The summed E-state index contributed by atoms with van der Waals surface area (Å²) in [6.07, 6.45) is 7.45. The molecule has 2 aromatic heterocycles. The van der Waals surface area contributed by atoms with Crippen LogP contribution in [0.2, 0.25) is 5.02 Å². The Hall–Kier alpha value is -1.92. The molecule has 3 rings (SSSR count). The highest BCUT2D eigenvalue weighted by Crippen LogP contribution is 2.28. The third-order valence-corrected chi connectivity index (χ3v) is 4.65. The number of anilines is 1. The molecule has 0 spiro atoms. The average Bonchev–Trinajstić information content (AvgIpc) is 3.11. The van der Waals surface area contributed by atoms with Gasteiger partial charge in [0.05, 0.1) is 17.3 Å². The van der Waals surface area contributed by atoms with Crippen LogP contribution in [-0.4, -0.2) is 45.1 Å². The van der Waals surface area contributed by atoms with Crippen molar-refractivity contribution in [1.29, 1.82) is 0 Å². The Labute approximate surface area is 140 Å². The summed E-state index contributed by atoms with van der Waals surface area (Å²) in [5.41, 5.74) is 1.26. The standard InChI is InChI=1S/C16H20ClN5O/c1-11(16(23)21-15-3-2-14(17)10-18-15)22-6-4-12(5-7-22)13-8-19-20-9-13/h2-3,8-12H,4-7H2,1H3,(H,19,20)(H,18,21,23). The van der Waals surface area contributed by atoms with Gasteiger partial charge in [-0.3, -0.25) is 14.8 Å². The Morgan fingerprint density at radius 2 is 2.17 bits per heavy atom. The Morgan fingerprint density at radius 3 is 2.78 bits per heavy atom. The molecule has 2 N–H and O–H groups in total. The Balaban J connectivity index is 1.53. The van der Waals surface area contributed by atoms with E-state index in [2.05, 4.69) is 25.4 Å². The van der Waals surface area contributed by atoms with Gasteiger partial charge in [0.2, 0.25) is 5.91 Å². The van der Waals surface area contributed by atoms with E-state index in [1.165, 1.54) is 11.8 Å². The SMILES string of the molecule is CC(C(=O)Nc1ccc(Cl)cn1)N1CCC(c2cn[nH]c2)CC1. The van der Waals surface area contributed by atoms with Crippen LogP contribution >= 0.6 is 11.6 Å². The molecule has 122 valence electrons. The van der Waals surface area contributed by atoms with E-state index in [0.717, 1.165) is 25.9 Å². The molecule has 6 nitrogen and oxygen atoms in total. The van der Waals surface area contributed by atoms with Gasteiger partial charge in [0.1, 0.15) is 5.82 Å². The second-order valence-corrected chi connectivity index (χ2v) is 6.31. The highest BCUT2D eigenvalue weighted by molar-refractivity contribution is 6.30. The topological polar surface area (TPSA) is 73.9 Å². The van der Waals surface area contributed by atoms with Crippen molar-refractivity contribution in [2.24, 2.45) is 0 Å². The lowest BCUT2D eigenvalue weighted by atomic mass is 9.91. The molecule has 7 heteroatoms.